The summed E-state index contributed by atoms with van der Waals surface area (Å²) in [5, 5.41) is 3.97. The molecule has 14 heavy (non-hydrogen) atoms. The highest BCUT2D eigenvalue weighted by Gasteiger charge is 1.97. The average molecular weight is 204 g/mol. The molecule has 0 spiro atoms. The Hall–Kier alpha value is -1.47. The highest BCUT2D eigenvalue weighted by atomic mass is 35.5. The van der Waals surface area contributed by atoms with E-state index in [1.807, 2.05) is 54.6 Å². The van der Waals surface area contributed by atoms with E-state index in [4.69, 9.17) is 11.6 Å². The third-order valence-electron chi connectivity index (χ3n) is 1.93. The van der Waals surface area contributed by atoms with Crippen LogP contribution < -0.4 is 5.32 Å². The average Bonchev–Trinajstić information content (AvgIpc) is 2.23. The number of hydrogen-bond acceptors (Lipinski definition) is 1. The molecule has 0 aliphatic rings. The first-order valence-corrected chi connectivity index (χ1v) is 4.80. The standard InChI is InChI=1S/C12H10ClN/c13-11-8-4-5-9-12(11)14-10-6-2-1-3-7-10/h1-9,14H. The van der Waals surface area contributed by atoms with Gasteiger partial charge in [-0.3, -0.25) is 0 Å². The van der Waals surface area contributed by atoms with Crippen LogP contribution >= 0.6 is 11.6 Å². The molecule has 0 radical (unpaired) electrons. The molecule has 0 atom stereocenters. The van der Waals surface area contributed by atoms with Crippen LogP contribution in [0.3, 0.4) is 0 Å². The van der Waals surface area contributed by atoms with Gasteiger partial charge < -0.3 is 5.32 Å². The van der Waals surface area contributed by atoms with Crippen LogP contribution in [0, 0.1) is 0 Å². The van der Waals surface area contributed by atoms with Crippen molar-refractivity contribution in [3.05, 3.63) is 59.6 Å². The zero-order chi connectivity index (χ0) is 9.80. The topological polar surface area (TPSA) is 12.0 Å². The fraction of sp³-hybridized carbons (Fsp3) is 0. The zero-order valence-electron chi connectivity index (χ0n) is 7.57. The number of para-hydroxylation sites is 2. The van der Waals surface area contributed by atoms with Crippen LogP contribution in [0.25, 0.3) is 0 Å². The molecule has 0 unspecified atom stereocenters. The summed E-state index contributed by atoms with van der Waals surface area (Å²) in [5.41, 5.74) is 1.97. The quantitative estimate of drug-likeness (QED) is 0.776. The van der Waals surface area contributed by atoms with Gasteiger partial charge in [0, 0.05) is 5.69 Å². The molecule has 2 aromatic rings. The van der Waals surface area contributed by atoms with Crippen molar-refractivity contribution in [3.8, 4) is 0 Å². The number of hydrogen-bond donors (Lipinski definition) is 1. The predicted molar refractivity (Wildman–Crippen MR) is 61.2 cm³/mol. The van der Waals surface area contributed by atoms with Crippen molar-refractivity contribution >= 4 is 23.0 Å². The van der Waals surface area contributed by atoms with Crippen LogP contribution in [0.5, 0.6) is 0 Å². The van der Waals surface area contributed by atoms with E-state index >= 15 is 0 Å². The third kappa shape index (κ3) is 2.06. The smallest absolute Gasteiger partial charge is 0.0640 e. The third-order valence-corrected chi connectivity index (χ3v) is 2.26. The second-order valence-corrected chi connectivity index (χ2v) is 3.38. The Kier molecular flexibility index (Phi) is 2.70. The maximum atomic E-state index is 6.01. The summed E-state index contributed by atoms with van der Waals surface area (Å²) >= 11 is 6.01. The van der Waals surface area contributed by atoms with E-state index in [9.17, 15) is 0 Å². The summed E-state index contributed by atoms with van der Waals surface area (Å²) in [5.74, 6) is 0. The Morgan fingerprint density at radius 1 is 0.786 bits per heavy atom. The van der Waals surface area contributed by atoms with Gasteiger partial charge in [0.05, 0.1) is 10.7 Å². The molecular formula is C12H10ClN. The Morgan fingerprint density at radius 2 is 1.43 bits per heavy atom. The van der Waals surface area contributed by atoms with E-state index < -0.39 is 0 Å². The fourth-order valence-corrected chi connectivity index (χ4v) is 1.42. The Morgan fingerprint density at radius 3 is 2.14 bits per heavy atom. The summed E-state index contributed by atoms with van der Waals surface area (Å²) in [4.78, 5) is 0. The molecule has 2 rings (SSSR count). The lowest BCUT2D eigenvalue weighted by atomic mass is 10.3. The second kappa shape index (κ2) is 4.16. The van der Waals surface area contributed by atoms with Crippen molar-refractivity contribution in [3.63, 3.8) is 0 Å². The summed E-state index contributed by atoms with van der Waals surface area (Å²) in [6, 6.07) is 17.7. The fourth-order valence-electron chi connectivity index (χ4n) is 1.24. The van der Waals surface area contributed by atoms with Crippen molar-refractivity contribution in [1.82, 2.24) is 0 Å². The molecule has 70 valence electrons. The van der Waals surface area contributed by atoms with Gasteiger partial charge in [-0.1, -0.05) is 41.9 Å². The van der Waals surface area contributed by atoms with E-state index in [0.29, 0.717) is 0 Å². The molecule has 0 aromatic heterocycles. The molecule has 0 amide bonds. The molecule has 0 fully saturated rings. The molecule has 0 bridgehead atoms. The van der Waals surface area contributed by atoms with Crippen LogP contribution in [-0.4, -0.2) is 0 Å². The Labute approximate surface area is 88.3 Å². The molecule has 2 aromatic carbocycles. The second-order valence-electron chi connectivity index (χ2n) is 2.97. The van der Waals surface area contributed by atoms with E-state index in [1.165, 1.54) is 0 Å². The van der Waals surface area contributed by atoms with Crippen molar-refractivity contribution in [2.24, 2.45) is 0 Å². The van der Waals surface area contributed by atoms with Gasteiger partial charge in [0.15, 0.2) is 0 Å². The van der Waals surface area contributed by atoms with Gasteiger partial charge in [0.2, 0.25) is 0 Å². The van der Waals surface area contributed by atoms with E-state index in [2.05, 4.69) is 5.32 Å². The van der Waals surface area contributed by atoms with Crippen molar-refractivity contribution in [2.75, 3.05) is 5.32 Å². The van der Waals surface area contributed by atoms with Gasteiger partial charge >= 0.3 is 0 Å². The van der Waals surface area contributed by atoms with Gasteiger partial charge in [-0.25, -0.2) is 0 Å². The van der Waals surface area contributed by atoms with E-state index in [0.717, 1.165) is 16.4 Å². The van der Waals surface area contributed by atoms with Gasteiger partial charge in [0.1, 0.15) is 0 Å². The summed E-state index contributed by atoms with van der Waals surface area (Å²) in [7, 11) is 0. The molecular weight excluding hydrogens is 194 g/mol. The van der Waals surface area contributed by atoms with Crippen LogP contribution in [0.2, 0.25) is 5.02 Å². The first kappa shape index (κ1) is 9.10. The SMILES string of the molecule is Clc1ccccc1Nc1ccccc1. The molecule has 2 heteroatoms. The van der Waals surface area contributed by atoms with Crippen molar-refractivity contribution in [2.45, 2.75) is 0 Å². The molecule has 0 saturated heterocycles. The number of halogens is 1. The van der Waals surface area contributed by atoms with Crippen molar-refractivity contribution < 1.29 is 0 Å². The monoisotopic (exact) mass is 203 g/mol. The van der Waals surface area contributed by atoms with Gasteiger partial charge in [-0.15, -0.1) is 0 Å². The Balaban J connectivity index is 2.24. The van der Waals surface area contributed by atoms with Crippen LogP contribution in [0.1, 0.15) is 0 Å². The molecule has 1 N–H and O–H groups in total. The highest BCUT2D eigenvalue weighted by molar-refractivity contribution is 6.33. The number of benzene rings is 2. The number of nitrogens with one attached hydrogen (secondary N) is 1. The molecule has 0 aliphatic heterocycles. The zero-order valence-corrected chi connectivity index (χ0v) is 8.33. The molecule has 1 nitrogen and oxygen atoms in total. The largest absolute Gasteiger partial charge is 0.354 e. The first-order valence-electron chi connectivity index (χ1n) is 4.43. The van der Waals surface area contributed by atoms with Crippen LogP contribution in [0.4, 0.5) is 11.4 Å². The normalized spacial score (nSPS) is 9.79. The van der Waals surface area contributed by atoms with Gasteiger partial charge in [0.25, 0.3) is 0 Å². The minimum atomic E-state index is 0.733. The van der Waals surface area contributed by atoms with Gasteiger partial charge in [-0.05, 0) is 24.3 Å². The lowest BCUT2D eigenvalue weighted by Crippen LogP contribution is -1.89. The van der Waals surface area contributed by atoms with Crippen molar-refractivity contribution in [1.29, 1.82) is 0 Å². The summed E-state index contributed by atoms with van der Waals surface area (Å²) in [6.07, 6.45) is 0. The summed E-state index contributed by atoms with van der Waals surface area (Å²) < 4.78 is 0. The van der Waals surface area contributed by atoms with Gasteiger partial charge in [-0.2, -0.15) is 0 Å². The number of rotatable bonds is 2. The highest BCUT2D eigenvalue weighted by Crippen LogP contribution is 2.24. The summed E-state index contributed by atoms with van der Waals surface area (Å²) in [6.45, 7) is 0. The maximum absolute atomic E-state index is 6.01. The molecule has 0 heterocycles. The Bertz CT molecular complexity index is 412. The number of anilines is 2. The molecule has 0 aliphatic carbocycles. The van der Waals surface area contributed by atoms with E-state index in [-0.39, 0.29) is 0 Å². The minimum Gasteiger partial charge on any atom is -0.354 e. The molecule has 0 saturated carbocycles. The first-order chi connectivity index (χ1) is 6.86. The lowest BCUT2D eigenvalue weighted by Gasteiger charge is -2.07. The van der Waals surface area contributed by atoms with Crippen LogP contribution in [-0.2, 0) is 0 Å². The predicted octanol–water partition coefficient (Wildman–Crippen LogP) is 4.08. The lowest BCUT2D eigenvalue weighted by molar-refractivity contribution is 1.55. The van der Waals surface area contributed by atoms with Crippen LogP contribution in [0.15, 0.2) is 54.6 Å². The maximum Gasteiger partial charge on any atom is 0.0640 e. The minimum absolute atomic E-state index is 0.733. The van der Waals surface area contributed by atoms with E-state index in [1.54, 1.807) is 0 Å².